The minimum absolute atomic E-state index is 0.0790. The lowest BCUT2D eigenvalue weighted by Gasteiger charge is -2.11. The minimum Gasteiger partial charge on any atom is -0.497 e. The lowest BCUT2D eigenvalue weighted by atomic mass is 10.2. The molecule has 0 aliphatic heterocycles. The third-order valence-corrected chi connectivity index (χ3v) is 6.50. The number of nitrogens with zero attached hydrogens (tertiary/aromatic N) is 1. The summed E-state index contributed by atoms with van der Waals surface area (Å²) < 4.78 is 43.7. The number of aromatic nitrogens is 1. The SMILES string of the molecule is COc1ccc(OC)c(CNS(=O)(=O)c2cc(-c3ccno3)sc2C)c1. The molecule has 0 radical (unpaired) electrons. The van der Waals surface area contributed by atoms with Gasteiger partial charge in [0.05, 0.1) is 30.2 Å². The van der Waals surface area contributed by atoms with Gasteiger partial charge in [0.15, 0.2) is 5.76 Å². The van der Waals surface area contributed by atoms with Crippen LogP contribution in [0.5, 0.6) is 11.5 Å². The second kappa shape index (κ2) is 7.48. The Bertz CT molecular complexity index is 994. The Morgan fingerprint density at radius 3 is 2.65 bits per heavy atom. The predicted octanol–water partition coefficient (Wildman–Crippen LogP) is 3.21. The number of thiophene rings is 1. The van der Waals surface area contributed by atoms with Crippen molar-refractivity contribution >= 4 is 21.4 Å². The van der Waals surface area contributed by atoms with Crippen LogP contribution in [0.4, 0.5) is 0 Å². The first-order chi connectivity index (χ1) is 12.4. The molecule has 7 nitrogen and oxygen atoms in total. The largest absolute Gasteiger partial charge is 0.497 e. The fraction of sp³-hybridized carbons (Fsp3) is 0.235. The van der Waals surface area contributed by atoms with Gasteiger partial charge in [-0.1, -0.05) is 5.16 Å². The highest BCUT2D eigenvalue weighted by Gasteiger charge is 2.22. The van der Waals surface area contributed by atoms with E-state index < -0.39 is 10.0 Å². The molecule has 3 rings (SSSR count). The van der Waals surface area contributed by atoms with Crippen LogP contribution in [-0.2, 0) is 16.6 Å². The molecule has 3 aromatic rings. The zero-order valence-electron chi connectivity index (χ0n) is 14.5. The van der Waals surface area contributed by atoms with E-state index >= 15 is 0 Å². The molecule has 0 aliphatic carbocycles. The third-order valence-electron chi connectivity index (χ3n) is 3.78. The van der Waals surface area contributed by atoms with E-state index in [1.807, 2.05) is 0 Å². The van der Waals surface area contributed by atoms with Crippen LogP contribution in [0.15, 0.2) is 45.9 Å². The van der Waals surface area contributed by atoms with Crippen molar-refractivity contribution in [3.05, 3.63) is 47.0 Å². The summed E-state index contributed by atoms with van der Waals surface area (Å²) in [6.07, 6.45) is 1.52. The summed E-state index contributed by atoms with van der Waals surface area (Å²) in [5, 5.41) is 3.65. The Morgan fingerprint density at radius 2 is 2.00 bits per heavy atom. The molecule has 0 spiro atoms. The van der Waals surface area contributed by atoms with Gasteiger partial charge >= 0.3 is 0 Å². The molecule has 0 saturated heterocycles. The van der Waals surface area contributed by atoms with Crippen LogP contribution < -0.4 is 14.2 Å². The molecule has 0 aliphatic rings. The maximum atomic E-state index is 12.7. The zero-order valence-corrected chi connectivity index (χ0v) is 16.1. The molecule has 26 heavy (non-hydrogen) atoms. The number of ether oxygens (including phenoxy) is 2. The van der Waals surface area contributed by atoms with E-state index in [0.717, 1.165) is 0 Å². The average Bonchev–Trinajstić information content (AvgIpc) is 3.29. The molecule has 9 heteroatoms. The van der Waals surface area contributed by atoms with Crippen molar-refractivity contribution in [3.63, 3.8) is 0 Å². The van der Waals surface area contributed by atoms with Gasteiger partial charge in [-0.2, -0.15) is 0 Å². The number of aryl methyl sites for hydroxylation is 1. The van der Waals surface area contributed by atoms with Crippen LogP contribution in [-0.4, -0.2) is 27.8 Å². The summed E-state index contributed by atoms with van der Waals surface area (Å²) in [4.78, 5) is 1.59. The number of rotatable bonds is 7. The Labute approximate surface area is 155 Å². The highest BCUT2D eigenvalue weighted by Crippen LogP contribution is 2.33. The summed E-state index contributed by atoms with van der Waals surface area (Å²) in [6.45, 7) is 1.83. The first-order valence-electron chi connectivity index (χ1n) is 7.66. The predicted molar refractivity (Wildman–Crippen MR) is 98.1 cm³/mol. The summed E-state index contributed by atoms with van der Waals surface area (Å²) >= 11 is 1.34. The average molecular weight is 394 g/mol. The van der Waals surface area contributed by atoms with Gasteiger partial charge < -0.3 is 14.0 Å². The van der Waals surface area contributed by atoms with Crippen molar-refractivity contribution in [2.45, 2.75) is 18.4 Å². The summed E-state index contributed by atoms with van der Waals surface area (Å²) in [6, 6.07) is 8.51. The monoisotopic (exact) mass is 394 g/mol. The van der Waals surface area contributed by atoms with E-state index in [1.165, 1.54) is 24.6 Å². The van der Waals surface area contributed by atoms with E-state index in [9.17, 15) is 8.42 Å². The lowest BCUT2D eigenvalue weighted by molar-refractivity contribution is 0.398. The van der Waals surface area contributed by atoms with Gasteiger partial charge in [0, 0.05) is 23.1 Å². The molecular weight excluding hydrogens is 376 g/mol. The van der Waals surface area contributed by atoms with Gasteiger partial charge in [0.1, 0.15) is 11.5 Å². The van der Waals surface area contributed by atoms with Gasteiger partial charge in [-0.05, 0) is 31.2 Å². The molecule has 138 valence electrons. The molecule has 0 unspecified atom stereocenters. The molecule has 1 aromatic carbocycles. The van der Waals surface area contributed by atoms with Crippen molar-refractivity contribution in [1.29, 1.82) is 0 Å². The fourth-order valence-corrected chi connectivity index (χ4v) is 5.02. The zero-order chi connectivity index (χ0) is 18.7. The van der Waals surface area contributed by atoms with Crippen molar-refractivity contribution in [2.75, 3.05) is 14.2 Å². The van der Waals surface area contributed by atoms with E-state index in [1.54, 1.807) is 44.4 Å². The molecular formula is C17H18N2O5S2. The van der Waals surface area contributed by atoms with Gasteiger partial charge in [0.2, 0.25) is 10.0 Å². The number of hydrogen-bond donors (Lipinski definition) is 1. The lowest BCUT2D eigenvalue weighted by Crippen LogP contribution is -2.23. The van der Waals surface area contributed by atoms with E-state index in [-0.39, 0.29) is 11.4 Å². The second-order valence-corrected chi connectivity index (χ2v) is 8.40. The number of hydrogen-bond acceptors (Lipinski definition) is 7. The van der Waals surface area contributed by atoms with Crippen LogP contribution in [0, 0.1) is 6.92 Å². The van der Waals surface area contributed by atoms with Crippen LogP contribution in [0.25, 0.3) is 10.6 Å². The van der Waals surface area contributed by atoms with Gasteiger partial charge in [0.25, 0.3) is 0 Å². The number of methoxy groups -OCH3 is 2. The molecule has 0 amide bonds. The van der Waals surface area contributed by atoms with Crippen molar-refractivity contribution in [3.8, 4) is 22.1 Å². The van der Waals surface area contributed by atoms with Crippen LogP contribution in [0.1, 0.15) is 10.4 Å². The maximum absolute atomic E-state index is 12.7. The van der Waals surface area contributed by atoms with Gasteiger partial charge in [-0.15, -0.1) is 11.3 Å². The molecule has 1 N–H and O–H groups in total. The fourth-order valence-electron chi connectivity index (χ4n) is 2.47. The molecule has 2 heterocycles. The smallest absolute Gasteiger partial charge is 0.241 e. The normalized spacial score (nSPS) is 11.5. The van der Waals surface area contributed by atoms with E-state index in [4.69, 9.17) is 14.0 Å². The standard InChI is InChI=1S/C17H18N2O5S2/c1-11-17(9-16(25-11)15-6-7-18-24-15)26(20,21)19-10-12-8-13(22-2)4-5-14(12)23-3/h4-9,19H,10H2,1-3H3. The topological polar surface area (TPSA) is 90.7 Å². The first-order valence-corrected chi connectivity index (χ1v) is 9.96. The number of sulfonamides is 1. The van der Waals surface area contributed by atoms with Crippen LogP contribution in [0.2, 0.25) is 0 Å². The van der Waals surface area contributed by atoms with Crippen molar-refractivity contribution in [2.24, 2.45) is 0 Å². The molecule has 0 atom stereocenters. The number of benzene rings is 1. The molecule has 0 saturated carbocycles. The highest BCUT2D eigenvalue weighted by molar-refractivity contribution is 7.89. The highest BCUT2D eigenvalue weighted by atomic mass is 32.2. The van der Waals surface area contributed by atoms with E-state index in [0.29, 0.717) is 32.6 Å². The number of nitrogens with one attached hydrogen (secondary N) is 1. The van der Waals surface area contributed by atoms with Gasteiger partial charge in [-0.3, -0.25) is 0 Å². The van der Waals surface area contributed by atoms with Crippen molar-refractivity contribution in [1.82, 2.24) is 9.88 Å². The first kappa shape index (κ1) is 18.4. The second-order valence-electron chi connectivity index (χ2n) is 5.41. The summed E-state index contributed by atoms with van der Waals surface area (Å²) in [5.74, 6) is 1.74. The minimum atomic E-state index is -3.70. The van der Waals surface area contributed by atoms with Gasteiger partial charge in [-0.25, -0.2) is 13.1 Å². The third kappa shape index (κ3) is 3.74. The maximum Gasteiger partial charge on any atom is 0.241 e. The van der Waals surface area contributed by atoms with Crippen LogP contribution in [0.3, 0.4) is 0 Å². The molecule has 2 aromatic heterocycles. The summed E-state index contributed by atoms with van der Waals surface area (Å²) in [7, 11) is -0.617. The van der Waals surface area contributed by atoms with Crippen LogP contribution >= 0.6 is 11.3 Å². The summed E-state index contributed by atoms with van der Waals surface area (Å²) in [5.41, 5.74) is 0.679. The van der Waals surface area contributed by atoms with E-state index in [2.05, 4.69) is 9.88 Å². The quantitative estimate of drug-likeness (QED) is 0.662. The Kier molecular flexibility index (Phi) is 5.30. The molecule has 0 fully saturated rings. The Hall–Kier alpha value is -2.36. The Balaban J connectivity index is 1.84. The molecule has 0 bridgehead atoms. The van der Waals surface area contributed by atoms with Crippen molar-refractivity contribution < 1.29 is 22.4 Å². The Morgan fingerprint density at radius 1 is 1.19 bits per heavy atom.